The van der Waals surface area contributed by atoms with Crippen molar-refractivity contribution >= 4 is 33.9 Å². The highest BCUT2D eigenvalue weighted by Crippen LogP contribution is 2.40. The summed E-state index contributed by atoms with van der Waals surface area (Å²) in [6, 6.07) is 11.6. The molecule has 19 heavy (non-hydrogen) atoms. The quantitative estimate of drug-likeness (QED) is 0.739. The summed E-state index contributed by atoms with van der Waals surface area (Å²) in [7, 11) is 2.06. The predicted molar refractivity (Wildman–Crippen MR) is 91.0 cm³/mol. The van der Waals surface area contributed by atoms with Gasteiger partial charge < -0.3 is 5.32 Å². The Hall–Kier alpha value is -0.390. The zero-order valence-corrected chi connectivity index (χ0v) is 14.0. The molecule has 1 aromatic heterocycles. The molecule has 2 aromatic rings. The summed E-state index contributed by atoms with van der Waals surface area (Å²) in [4.78, 5) is 0. The fourth-order valence-electron chi connectivity index (χ4n) is 2.84. The maximum atomic E-state index is 3.49. The lowest BCUT2D eigenvalue weighted by molar-refractivity contribution is 0.415. The predicted octanol–water partition coefficient (Wildman–Crippen LogP) is 4.93. The van der Waals surface area contributed by atoms with Crippen LogP contribution in [0, 0.1) is 2.88 Å². The third-order valence-corrected chi connectivity index (χ3v) is 5.87. The topological polar surface area (TPSA) is 12.0 Å². The van der Waals surface area contributed by atoms with Crippen LogP contribution in [0.2, 0.25) is 0 Å². The van der Waals surface area contributed by atoms with E-state index in [2.05, 4.69) is 70.7 Å². The summed E-state index contributed by atoms with van der Waals surface area (Å²) in [5, 5.41) is 5.77. The van der Waals surface area contributed by atoms with Crippen molar-refractivity contribution in [2.45, 2.75) is 31.2 Å². The van der Waals surface area contributed by atoms with E-state index in [9.17, 15) is 0 Å². The molecule has 1 aromatic carbocycles. The summed E-state index contributed by atoms with van der Waals surface area (Å²) in [6.45, 7) is 0. The van der Waals surface area contributed by atoms with Gasteiger partial charge in [0.2, 0.25) is 0 Å². The van der Waals surface area contributed by atoms with Crippen LogP contribution in [0.3, 0.4) is 0 Å². The molecule has 1 aliphatic rings. The normalized spacial score (nSPS) is 17.2. The molecule has 1 fully saturated rings. The van der Waals surface area contributed by atoms with E-state index in [-0.39, 0.29) is 0 Å². The third-order valence-electron chi connectivity index (χ3n) is 4.06. The molecule has 100 valence electrons. The summed E-state index contributed by atoms with van der Waals surface area (Å²) in [5.41, 5.74) is 4.40. The van der Waals surface area contributed by atoms with Gasteiger partial charge in [0, 0.05) is 0 Å². The maximum Gasteiger partial charge on any atom is 0.0656 e. The third kappa shape index (κ3) is 2.73. The van der Waals surface area contributed by atoms with Gasteiger partial charge in [-0.3, -0.25) is 0 Å². The van der Waals surface area contributed by atoms with Crippen LogP contribution in [-0.4, -0.2) is 7.05 Å². The zero-order chi connectivity index (χ0) is 13.2. The molecule has 0 amide bonds. The number of hydrogen-bond donors (Lipinski definition) is 1. The minimum absolute atomic E-state index is 0.330. The molecule has 3 rings (SSSR count). The van der Waals surface area contributed by atoms with E-state index in [1.807, 2.05) is 11.3 Å². The fourth-order valence-corrected chi connectivity index (χ4v) is 4.24. The van der Waals surface area contributed by atoms with Gasteiger partial charge in [-0.25, -0.2) is 0 Å². The van der Waals surface area contributed by atoms with Gasteiger partial charge in [-0.15, -0.1) is 11.3 Å². The van der Waals surface area contributed by atoms with Crippen LogP contribution in [0.25, 0.3) is 0 Å². The molecule has 1 nitrogen and oxygen atoms in total. The monoisotopic (exact) mass is 383 g/mol. The average Bonchev–Trinajstić information content (AvgIpc) is 2.77. The maximum absolute atomic E-state index is 3.49. The Kier molecular flexibility index (Phi) is 4.24. The summed E-state index contributed by atoms with van der Waals surface area (Å²) >= 11 is 4.22. The number of benzene rings is 1. The lowest BCUT2D eigenvalue weighted by Gasteiger charge is -2.30. The van der Waals surface area contributed by atoms with Gasteiger partial charge in [0.05, 0.1) is 8.93 Å². The number of rotatable bonds is 4. The molecule has 0 aliphatic heterocycles. The van der Waals surface area contributed by atoms with Gasteiger partial charge in [-0.05, 0) is 76.5 Å². The first kappa shape index (κ1) is 13.6. The molecule has 1 unspecified atom stereocenters. The Morgan fingerprint density at radius 2 is 2.11 bits per heavy atom. The molecule has 3 heteroatoms. The Morgan fingerprint density at radius 1 is 1.32 bits per heavy atom. The summed E-state index contributed by atoms with van der Waals surface area (Å²) < 4.78 is 1.36. The van der Waals surface area contributed by atoms with Crippen LogP contribution in [0.15, 0.2) is 35.7 Å². The van der Waals surface area contributed by atoms with Gasteiger partial charge in [-0.1, -0.05) is 30.7 Å². The van der Waals surface area contributed by atoms with Crippen molar-refractivity contribution in [3.8, 4) is 0 Å². The Labute approximate surface area is 132 Å². The first-order valence-electron chi connectivity index (χ1n) is 6.79. The Balaban J connectivity index is 1.99. The molecule has 1 N–H and O–H groups in total. The van der Waals surface area contributed by atoms with Crippen LogP contribution in [-0.2, 0) is 0 Å². The molecular weight excluding hydrogens is 365 g/mol. The van der Waals surface area contributed by atoms with Crippen molar-refractivity contribution in [3.05, 3.63) is 55.3 Å². The van der Waals surface area contributed by atoms with Gasteiger partial charge in [0.1, 0.15) is 0 Å². The van der Waals surface area contributed by atoms with Crippen molar-refractivity contribution in [2.24, 2.45) is 0 Å². The van der Waals surface area contributed by atoms with Gasteiger partial charge in [-0.2, -0.15) is 0 Å². The van der Waals surface area contributed by atoms with Crippen LogP contribution < -0.4 is 5.32 Å². The van der Waals surface area contributed by atoms with Crippen LogP contribution in [0.4, 0.5) is 0 Å². The highest BCUT2D eigenvalue weighted by Gasteiger charge is 2.25. The standard InChI is InChI=1S/C16H18INS/c1-18-16(12-9-15(17)19-10-12)14-8-3-2-7-13(14)11-5-4-6-11/h2-3,7-11,16,18H,4-6H2,1H3. The first-order chi connectivity index (χ1) is 9.29. The average molecular weight is 383 g/mol. The molecule has 0 spiro atoms. The molecule has 1 atom stereocenters. The SMILES string of the molecule is CNC(c1csc(I)c1)c1ccccc1C1CCC1. The van der Waals surface area contributed by atoms with Crippen molar-refractivity contribution in [1.29, 1.82) is 0 Å². The van der Waals surface area contributed by atoms with E-state index in [0.29, 0.717) is 6.04 Å². The van der Waals surface area contributed by atoms with E-state index in [4.69, 9.17) is 0 Å². The molecule has 1 saturated carbocycles. The summed E-state index contributed by atoms with van der Waals surface area (Å²) in [5.74, 6) is 0.782. The van der Waals surface area contributed by atoms with Crippen molar-refractivity contribution in [1.82, 2.24) is 5.32 Å². The smallest absolute Gasteiger partial charge is 0.0656 e. The van der Waals surface area contributed by atoms with Gasteiger partial charge in [0.25, 0.3) is 0 Å². The fraction of sp³-hybridized carbons (Fsp3) is 0.375. The second kappa shape index (κ2) is 5.94. The van der Waals surface area contributed by atoms with Crippen LogP contribution >= 0.6 is 33.9 Å². The van der Waals surface area contributed by atoms with E-state index in [1.54, 1.807) is 5.56 Å². The van der Waals surface area contributed by atoms with Crippen molar-refractivity contribution in [3.63, 3.8) is 0 Å². The molecule has 1 heterocycles. The van der Waals surface area contributed by atoms with Crippen molar-refractivity contribution in [2.75, 3.05) is 7.05 Å². The lowest BCUT2D eigenvalue weighted by atomic mass is 9.76. The molecular formula is C16H18INS. The minimum Gasteiger partial charge on any atom is -0.309 e. The van der Waals surface area contributed by atoms with Gasteiger partial charge >= 0.3 is 0 Å². The van der Waals surface area contributed by atoms with E-state index >= 15 is 0 Å². The number of hydrogen-bond acceptors (Lipinski definition) is 2. The van der Waals surface area contributed by atoms with Crippen molar-refractivity contribution < 1.29 is 0 Å². The Bertz CT molecular complexity index is 559. The van der Waals surface area contributed by atoms with E-state index in [1.165, 1.54) is 33.3 Å². The minimum atomic E-state index is 0.330. The number of halogens is 1. The molecule has 0 radical (unpaired) electrons. The zero-order valence-electron chi connectivity index (χ0n) is 11.0. The Morgan fingerprint density at radius 3 is 2.68 bits per heavy atom. The van der Waals surface area contributed by atoms with Crippen LogP contribution in [0.1, 0.15) is 47.9 Å². The largest absolute Gasteiger partial charge is 0.309 e. The summed E-state index contributed by atoms with van der Waals surface area (Å²) in [6.07, 6.45) is 4.10. The second-order valence-corrected chi connectivity index (χ2v) is 7.97. The van der Waals surface area contributed by atoms with Gasteiger partial charge in [0.15, 0.2) is 0 Å². The first-order valence-corrected chi connectivity index (χ1v) is 8.75. The highest BCUT2D eigenvalue weighted by molar-refractivity contribution is 14.1. The second-order valence-electron chi connectivity index (χ2n) is 5.16. The number of thiophene rings is 1. The van der Waals surface area contributed by atoms with E-state index in [0.717, 1.165) is 5.92 Å². The number of nitrogens with one attached hydrogen (secondary N) is 1. The lowest BCUT2D eigenvalue weighted by Crippen LogP contribution is -2.21. The highest BCUT2D eigenvalue weighted by atomic mass is 127. The van der Waals surface area contributed by atoms with Crippen LogP contribution in [0.5, 0.6) is 0 Å². The molecule has 1 aliphatic carbocycles. The molecule has 0 bridgehead atoms. The molecule has 0 saturated heterocycles. The van der Waals surface area contributed by atoms with E-state index < -0.39 is 0 Å².